The smallest absolute Gasteiger partial charge is 0.248 e. The number of furan rings is 1. The number of anilines is 1. The number of benzene rings is 2. The second-order valence-electron chi connectivity index (χ2n) is 5.02. The summed E-state index contributed by atoms with van der Waals surface area (Å²) >= 11 is 3.42. The molecule has 0 unspecified atom stereocenters. The number of carbonyl (C=O) groups is 1. The lowest BCUT2D eigenvalue weighted by molar-refractivity contribution is -0.111. The quantitative estimate of drug-likeness (QED) is 0.659. The Balaban J connectivity index is 1.71. The molecule has 0 radical (unpaired) electrons. The van der Waals surface area contributed by atoms with E-state index < -0.39 is 0 Å². The Labute approximate surface area is 136 Å². The van der Waals surface area contributed by atoms with Gasteiger partial charge in [-0.15, -0.1) is 0 Å². The molecule has 0 aliphatic carbocycles. The van der Waals surface area contributed by atoms with Crippen molar-refractivity contribution in [1.29, 1.82) is 0 Å². The van der Waals surface area contributed by atoms with Crippen LogP contribution in [0.5, 0.6) is 0 Å². The average molecular weight is 356 g/mol. The van der Waals surface area contributed by atoms with Crippen LogP contribution >= 0.6 is 15.9 Å². The summed E-state index contributed by atoms with van der Waals surface area (Å²) in [4.78, 5) is 11.9. The molecule has 1 aromatic heterocycles. The van der Waals surface area contributed by atoms with Crippen molar-refractivity contribution in [2.24, 2.45) is 0 Å². The number of rotatable bonds is 3. The molecule has 4 heteroatoms. The maximum Gasteiger partial charge on any atom is 0.248 e. The minimum atomic E-state index is -0.189. The molecular formula is C18H14BrNO2. The molecule has 1 amide bonds. The van der Waals surface area contributed by atoms with E-state index in [-0.39, 0.29) is 5.91 Å². The molecule has 0 aliphatic heterocycles. The van der Waals surface area contributed by atoms with E-state index in [2.05, 4.69) is 21.2 Å². The van der Waals surface area contributed by atoms with Crippen LogP contribution in [-0.4, -0.2) is 5.91 Å². The largest absolute Gasteiger partial charge is 0.457 e. The molecule has 1 heterocycles. The summed E-state index contributed by atoms with van der Waals surface area (Å²) in [5, 5.41) is 3.80. The Morgan fingerprint density at radius 1 is 1.14 bits per heavy atom. The first-order valence-corrected chi connectivity index (χ1v) is 7.64. The SMILES string of the molecule is Cc1ccc(NC(=O)/C=C/c2cc3cc(Br)ccc3o2)cc1. The van der Waals surface area contributed by atoms with Crippen molar-refractivity contribution in [2.75, 3.05) is 5.32 Å². The van der Waals surface area contributed by atoms with E-state index in [0.29, 0.717) is 5.76 Å². The lowest BCUT2D eigenvalue weighted by Gasteiger charge is -2.01. The monoisotopic (exact) mass is 355 g/mol. The fraction of sp³-hybridized carbons (Fsp3) is 0.0556. The maximum atomic E-state index is 11.9. The van der Waals surface area contributed by atoms with Gasteiger partial charge in [0.15, 0.2) is 0 Å². The second kappa shape index (κ2) is 6.20. The van der Waals surface area contributed by atoms with Crippen molar-refractivity contribution in [2.45, 2.75) is 6.92 Å². The summed E-state index contributed by atoms with van der Waals surface area (Å²) in [5.74, 6) is 0.456. The number of halogens is 1. The zero-order chi connectivity index (χ0) is 15.5. The van der Waals surface area contributed by atoms with Crippen LogP contribution < -0.4 is 5.32 Å². The summed E-state index contributed by atoms with van der Waals surface area (Å²) in [7, 11) is 0. The molecular weight excluding hydrogens is 342 g/mol. The molecule has 2 aromatic carbocycles. The maximum absolute atomic E-state index is 11.9. The van der Waals surface area contributed by atoms with Crippen molar-refractivity contribution in [1.82, 2.24) is 0 Å². The van der Waals surface area contributed by atoms with Crippen LogP contribution in [0.15, 0.2) is 63.5 Å². The second-order valence-corrected chi connectivity index (χ2v) is 5.94. The molecule has 3 aromatic rings. The molecule has 0 aliphatic rings. The van der Waals surface area contributed by atoms with Gasteiger partial charge in [0.25, 0.3) is 0 Å². The van der Waals surface area contributed by atoms with Crippen LogP contribution in [0.4, 0.5) is 5.69 Å². The molecule has 0 fully saturated rings. The first kappa shape index (κ1) is 14.6. The summed E-state index contributed by atoms with van der Waals surface area (Å²) in [6.45, 7) is 2.01. The van der Waals surface area contributed by atoms with E-state index in [1.807, 2.05) is 55.5 Å². The van der Waals surface area contributed by atoms with Gasteiger partial charge < -0.3 is 9.73 Å². The van der Waals surface area contributed by atoms with Crippen molar-refractivity contribution in [3.05, 3.63) is 70.4 Å². The van der Waals surface area contributed by atoms with Crippen molar-refractivity contribution in [3.8, 4) is 0 Å². The van der Waals surface area contributed by atoms with Crippen molar-refractivity contribution >= 4 is 44.6 Å². The van der Waals surface area contributed by atoms with Gasteiger partial charge in [-0.05, 0) is 49.4 Å². The number of hydrogen-bond acceptors (Lipinski definition) is 2. The van der Waals surface area contributed by atoms with Gasteiger partial charge in [-0.3, -0.25) is 4.79 Å². The lowest BCUT2D eigenvalue weighted by atomic mass is 10.2. The normalized spacial score (nSPS) is 11.2. The average Bonchev–Trinajstić information content (AvgIpc) is 2.89. The molecule has 3 rings (SSSR count). The predicted octanol–water partition coefficient (Wildman–Crippen LogP) is 5.16. The highest BCUT2D eigenvalue weighted by molar-refractivity contribution is 9.10. The predicted molar refractivity (Wildman–Crippen MR) is 92.8 cm³/mol. The molecule has 110 valence electrons. The molecule has 0 saturated carbocycles. The number of carbonyl (C=O) groups excluding carboxylic acids is 1. The molecule has 0 atom stereocenters. The molecule has 0 spiro atoms. The van der Waals surface area contributed by atoms with Gasteiger partial charge in [0.2, 0.25) is 5.91 Å². The topological polar surface area (TPSA) is 42.2 Å². The van der Waals surface area contributed by atoms with Crippen LogP contribution in [0.3, 0.4) is 0 Å². The first-order chi connectivity index (χ1) is 10.6. The standard InChI is InChI=1S/C18H14BrNO2/c1-12-2-5-15(6-3-12)20-18(21)9-7-16-11-13-10-14(19)4-8-17(13)22-16/h2-11H,1H3,(H,20,21)/b9-7+. The Bertz CT molecular complexity index is 847. The summed E-state index contributed by atoms with van der Waals surface area (Å²) < 4.78 is 6.65. The number of amides is 1. The third-order valence-corrected chi connectivity index (χ3v) is 3.71. The van der Waals surface area contributed by atoms with E-state index >= 15 is 0 Å². The minimum absolute atomic E-state index is 0.189. The molecule has 1 N–H and O–H groups in total. The van der Waals surface area contributed by atoms with Crippen LogP contribution in [0.2, 0.25) is 0 Å². The number of hydrogen-bond donors (Lipinski definition) is 1. The van der Waals surface area contributed by atoms with Gasteiger partial charge in [0.05, 0.1) is 0 Å². The zero-order valence-electron chi connectivity index (χ0n) is 12.0. The Morgan fingerprint density at radius 3 is 2.68 bits per heavy atom. The van der Waals surface area contributed by atoms with Crippen LogP contribution in [0.1, 0.15) is 11.3 Å². The van der Waals surface area contributed by atoms with Gasteiger partial charge in [-0.2, -0.15) is 0 Å². The van der Waals surface area contributed by atoms with Crippen molar-refractivity contribution in [3.63, 3.8) is 0 Å². The van der Waals surface area contributed by atoms with E-state index in [9.17, 15) is 4.79 Å². The summed E-state index contributed by atoms with van der Waals surface area (Å²) in [6, 6.07) is 15.3. The van der Waals surface area contributed by atoms with Crippen LogP contribution in [-0.2, 0) is 4.79 Å². The van der Waals surface area contributed by atoms with Gasteiger partial charge in [0, 0.05) is 21.6 Å². The molecule has 0 bridgehead atoms. The Morgan fingerprint density at radius 2 is 1.91 bits per heavy atom. The van der Waals surface area contributed by atoms with Gasteiger partial charge in [-0.1, -0.05) is 33.6 Å². The van der Waals surface area contributed by atoms with E-state index in [0.717, 1.165) is 26.7 Å². The third-order valence-electron chi connectivity index (χ3n) is 3.22. The third kappa shape index (κ3) is 3.46. The fourth-order valence-corrected chi connectivity index (χ4v) is 2.47. The summed E-state index contributed by atoms with van der Waals surface area (Å²) in [5.41, 5.74) is 2.72. The highest BCUT2D eigenvalue weighted by atomic mass is 79.9. The highest BCUT2D eigenvalue weighted by Crippen LogP contribution is 2.24. The zero-order valence-corrected chi connectivity index (χ0v) is 13.6. The van der Waals surface area contributed by atoms with E-state index in [1.54, 1.807) is 6.08 Å². The highest BCUT2D eigenvalue weighted by Gasteiger charge is 2.03. The van der Waals surface area contributed by atoms with Gasteiger partial charge >= 0.3 is 0 Å². The van der Waals surface area contributed by atoms with Crippen molar-refractivity contribution < 1.29 is 9.21 Å². The van der Waals surface area contributed by atoms with E-state index in [4.69, 9.17) is 4.42 Å². The Hall–Kier alpha value is -2.33. The van der Waals surface area contributed by atoms with E-state index in [1.165, 1.54) is 6.08 Å². The number of fused-ring (bicyclic) bond motifs is 1. The van der Waals surface area contributed by atoms with Gasteiger partial charge in [-0.25, -0.2) is 0 Å². The van der Waals surface area contributed by atoms with Crippen LogP contribution in [0.25, 0.3) is 17.0 Å². The minimum Gasteiger partial charge on any atom is -0.457 e. The lowest BCUT2D eigenvalue weighted by Crippen LogP contribution is -2.07. The first-order valence-electron chi connectivity index (χ1n) is 6.85. The molecule has 0 saturated heterocycles. The summed E-state index contributed by atoms with van der Waals surface area (Å²) in [6.07, 6.45) is 3.13. The fourth-order valence-electron chi connectivity index (χ4n) is 2.10. The molecule has 3 nitrogen and oxygen atoms in total. The number of aryl methyl sites for hydroxylation is 1. The number of nitrogens with one attached hydrogen (secondary N) is 1. The van der Waals surface area contributed by atoms with Gasteiger partial charge in [0.1, 0.15) is 11.3 Å². The molecule has 22 heavy (non-hydrogen) atoms. The Kier molecular flexibility index (Phi) is 4.11. The van der Waals surface area contributed by atoms with Crippen LogP contribution in [0, 0.1) is 6.92 Å².